The van der Waals surface area contributed by atoms with Crippen LogP contribution >= 0.6 is 0 Å². The molecule has 0 aliphatic heterocycles. The molecule has 0 radical (unpaired) electrons. The Morgan fingerprint density at radius 1 is 1.04 bits per heavy atom. The fraction of sp³-hybridized carbons (Fsp3) is 0.136. The Labute approximate surface area is 158 Å². The second kappa shape index (κ2) is 9.16. The van der Waals surface area contributed by atoms with Crippen LogP contribution in [-0.2, 0) is 6.54 Å². The Hall–Kier alpha value is -3.65. The molecule has 27 heavy (non-hydrogen) atoms. The van der Waals surface area contributed by atoms with E-state index in [9.17, 15) is 4.79 Å². The summed E-state index contributed by atoms with van der Waals surface area (Å²) in [4.78, 5) is 18.6. The van der Waals surface area contributed by atoms with Gasteiger partial charge in [0.05, 0.1) is 18.2 Å². The molecule has 1 aromatic heterocycles. The number of amides is 2. The Morgan fingerprint density at radius 3 is 2.56 bits per heavy atom. The molecule has 0 saturated carbocycles. The Balaban J connectivity index is 1.81. The van der Waals surface area contributed by atoms with Gasteiger partial charge in [-0.1, -0.05) is 54.6 Å². The van der Waals surface area contributed by atoms with Crippen molar-refractivity contribution in [2.24, 2.45) is 0 Å². The summed E-state index contributed by atoms with van der Waals surface area (Å²) in [6.45, 7) is 0.750. The number of pyridine rings is 1. The number of nitrogens with zero attached hydrogens (tertiary/aromatic N) is 3. The SMILES string of the molecule is N#CCCN(Cc1cccnc1)C(=O)Nc1ccccc1-c1ccccc1. The lowest BCUT2D eigenvalue weighted by atomic mass is 10.0. The molecule has 1 N–H and O–H groups in total. The van der Waals surface area contributed by atoms with Crippen LogP contribution in [0.25, 0.3) is 11.1 Å². The van der Waals surface area contributed by atoms with Crippen LogP contribution in [0.1, 0.15) is 12.0 Å². The highest BCUT2D eigenvalue weighted by atomic mass is 16.2. The van der Waals surface area contributed by atoms with E-state index < -0.39 is 0 Å². The summed E-state index contributed by atoms with van der Waals surface area (Å²) in [5, 5.41) is 11.9. The molecule has 0 aliphatic rings. The molecule has 2 aromatic carbocycles. The van der Waals surface area contributed by atoms with E-state index in [0.29, 0.717) is 13.1 Å². The van der Waals surface area contributed by atoms with Crippen molar-refractivity contribution in [3.63, 3.8) is 0 Å². The van der Waals surface area contributed by atoms with Crippen molar-refractivity contribution in [2.45, 2.75) is 13.0 Å². The number of carbonyl (C=O) groups is 1. The van der Waals surface area contributed by atoms with Crippen LogP contribution in [0, 0.1) is 11.3 Å². The fourth-order valence-corrected chi connectivity index (χ4v) is 2.81. The van der Waals surface area contributed by atoms with E-state index in [4.69, 9.17) is 5.26 Å². The first-order valence-corrected chi connectivity index (χ1v) is 8.74. The maximum Gasteiger partial charge on any atom is 0.322 e. The van der Waals surface area contributed by atoms with E-state index in [2.05, 4.69) is 16.4 Å². The van der Waals surface area contributed by atoms with Crippen LogP contribution in [0.4, 0.5) is 10.5 Å². The summed E-state index contributed by atoms with van der Waals surface area (Å²) in [6, 6.07) is 23.2. The van der Waals surface area contributed by atoms with Crippen LogP contribution in [0.2, 0.25) is 0 Å². The number of hydrogen-bond donors (Lipinski definition) is 1. The number of rotatable bonds is 6. The lowest BCUT2D eigenvalue weighted by molar-refractivity contribution is 0.210. The fourth-order valence-electron chi connectivity index (χ4n) is 2.81. The molecule has 2 amide bonds. The number of nitriles is 1. The number of para-hydroxylation sites is 1. The summed E-state index contributed by atoms with van der Waals surface area (Å²) in [5.41, 5.74) is 3.64. The molecule has 134 valence electrons. The van der Waals surface area contributed by atoms with E-state index in [1.165, 1.54) is 0 Å². The molecule has 0 spiro atoms. The molecule has 0 fully saturated rings. The van der Waals surface area contributed by atoms with E-state index in [1.807, 2.05) is 66.7 Å². The third-order valence-electron chi connectivity index (χ3n) is 4.13. The van der Waals surface area contributed by atoms with Gasteiger partial charge in [0.25, 0.3) is 0 Å². The quantitative estimate of drug-likeness (QED) is 0.696. The van der Waals surface area contributed by atoms with Crippen molar-refractivity contribution in [2.75, 3.05) is 11.9 Å². The molecule has 1 heterocycles. The van der Waals surface area contributed by atoms with Gasteiger partial charge in [-0.2, -0.15) is 5.26 Å². The molecule has 0 aliphatic carbocycles. The molecule has 0 saturated heterocycles. The van der Waals surface area contributed by atoms with Crippen LogP contribution in [0.3, 0.4) is 0 Å². The first-order chi connectivity index (χ1) is 13.3. The molecule has 0 unspecified atom stereocenters. The number of nitrogens with one attached hydrogen (secondary N) is 1. The Bertz CT molecular complexity index is 920. The average molecular weight is 356 g/mol. The molecular weight excluding hydrogens is 336 g/mol. The first-order valence-electron chi connectivity index (χ1n) is 8.74. The zero-order valence-electron chi connectivity index (χ0n) is 14.9. The minimum Gasteiger partial charge on any atom is -0.319 e. The number of anilines is 1. The summed E-state index contributed by atoms with van der Waals surface area (Å²) in [7, 11) is 0. The first kappa shape index (κ1) is 18.2. The van der Waals surface area contributed by atoms with Gasteiger partial charge in [-0.15, -0.1) is 0 Å². The van der Waals surface area contributed by atoms with Gasteiger partial charge >= 0.3 is 6.03 Å². The highest BCUT2D eigenvalue weighted by molar-refractivity contribution is 5.94. The minimum absolute atomic E-state index is 0.238. The van der Waals surface area contributed by atoms with Crippen LogP contribution in [0.15, 0.2) is 79.1 Å². The van der Waals surface area contributed by atoms with E-state index in [1.54, 1.807) is 17.3 Å². The predicted molar refractivity (Wildman–Crippen MR) is 106 cm³/mol. The molecule has 5 nitrogen and oxygen atoms in total. The van der Waals surface area contributed by atoms with Gasteiger partial charge in [0.1, 0.15) is 0 Å². The van der Waals surface area contributed by atoms with Gasteiger partial charge in [-0.25, -0.2) is 4.79 Å². The summed E-state index contributed by atoms with van der Waals surface area (Å²) in [6.07, 6.45) is 3.69. The van der Waals surface area contributed by atoms with Crippen molar-refractivity contribution in [3.8, 4) is 17.2 Å². The zero-order chi connectivity index (χ0) is 18.9. The van der Waals surface area contributed by atoms with Crippen LogP contribution in [-0.4, -0.2) is 22.5 Å². The van der Waals surface area contributed by atoms with Gasteiger partial charge in [-0.05, 0) is 23.3 Å². The lowest BCUT2D eigenvalue weighted by Crippen LogP contribution is -2.35. The Kier molecular flexibility index (Phi) is 6.16. The smallest absolute Gasteiger partial charge is 0.319 e. The summed E-state index contributed by atoms with van der Waals surface area (Å²) < 4.78 is 0. The summed E-state index contributed by atoms with van der Waals surface area (Å²) >= 11 is 0. The molecule has 0 atom stereocenters. The molecule has 5 heteroatoms. The number of hydrogen-bond acceptors (Lipinski definition) is 3. The van der Waals surface area contributed by atoms with Crippen molar-refractivity contribution >= 4 is 11.7 Å². The lowest BCUT2D eigenvalue weighted by Gasteiger charge is -2.23. The van der Waals surface area contributed by atoms with E-state index >= 15 is 0 Å². The molecule has 3 aromatic rings. The minimum atomic E-state index is -0.238. The molecule has 0 bridgehead atoms. The van der Waals surface area contributed by atoms with E-state index in [-0.39, 0.29) is 12.5 Å². The molecule has 3 rings (SSSR count). The number of carbonyl (C=O) groups excluding carboxylic acids is 1. The second-order valence-corrected chi connectivity index (χ2v) is 6.03. The van der Waals surface area contributed by atoms with Gasteiger partial charge in [0.15, 0.2) is 0 Å². The average Bonchev–Trinajstić information content (AvgIpc) is 2.73. The monoisotopic (exact) mass is 356 g/mol. The van der Waals surface area contributed by atoms with Gasteiger partial charge in [-0.3, -0.25) is 4.98 Å². The van der Waals surface area contributed by atoms with Gasteiger partial charge in [0, 0.05) is 31.0 Å². The highest BCUT2D eigenvalue weighted by Crippen LogP contribution is 2.27. The number of benzene rings is 2. The topological polar surface area (TPSA) is 69.0 Å². The van der Waals surface area contributed by atoms with Crippen molar-refractivity contribution in [3.05, 3.63) is 84.7 Å². The zero-order valence-corrected chi connectivity index (χ0v) is 14.9. The van der Waals surface area contributed by atoms with Gasteiger partial charge < -0.3 is 10.2 Å². The van der Waals surface area contributed by atoms with Crippen molar-refractivity contribution < 1.29 is 4.79 Å². The highest BCUT2D eigenvalue weighted by Gasteiger charge is 2.16. The third-order valence-corrected chi connectivity index (χ3v) is 4.13. The number of aromatic nitrogens is 1. The summed E-state index contributed by atoms with van der Waals surface area (Å²) in [5.74, 6) is 0. The predicted octanol–water partition coefficient (Wildman–Crippen LogP) is 4.70. The normalized spacial score (nSPS) is 10.0. The van der Waals surface area contributed by atoms with Crippen molar-refractivity contribution in [1.82, 2.24) is 9.88 Å². The third kappa shape index (κ3) is 4.93. The maximum absolute atomic E-state index is 12.9. The van der Waals surface area contributed by atoms with E-state index in [0.717, 1.165) is 22.4 Å². The number of urea groups is 1. The van der Waals surface area contributed by atoms with Crippen LogP contribution in [0.5, 0.6) is 0 Å². The maximum atomic E-state index is 12.9. The van der Waals surface area contributed by atoms with Gasteiger partial charge in [0.2, 0.25) is 0 Å². The standard InChI is InChI=1S/C22H20N4O/c23-13-7-15-26(17-18-8-6-14-24-16-18)22(27)25-21-12-5-4-11-20(21)19-9-2-1-3-10-19/h1-6,8-12,14,16H,7,15,17H2,(H,25,27). The largest absolute Gasteiger partial charge is 0.322 e. The van der Waals surface area contributed by atoms with Crippen LogP contribution < -0.4 is 5.32 Å². The molecular formula is C22H20N4O. The van der Waals surface area contributed by atoms with Crippen molar-refractivity contribution in [1.29, 1.82) is 5.26 Å². The second-order valence-electron chi connectivity index (χ2n) is 6.03. The Morgan fingerprint density at radius 2 is 1.81 bits per heavy atom.